The molecule has 124 valence electrons. The zero-order valence-electron chi connectivity index (χ0n) is 14.1. The van der Waals surface area contributed by atoms with Crippen LogP contribution in [0.2, 0.25) is 0 Å². The van der Waals surface area contributed by atoms with Gasteiger partial charge in [0.2, 0.25) is 0 Å². The lowest BCUT2D eigenvalue weighted by Gasteiger charge is -2.34. The maximum atomic E-state index is 4.26. The molecule has 1 aromatic carbocycles. The van der Waals surface area contributed by atoms with E-state index in [2.05, 4.69) is 62.0 Å². The Balaban J connectivity index is 1.45. The minimum absolute atomic E-state index is 0.887. The molecule has 0 aliphatic carbocycles. The number of hydrogen-bond donors (Lipinski definition) is 1. The molecule has 0 spiro atoms. The number of rotatable bonds is 4. The predicted molar refractivity (Wildman–Crippen MR) is 96.7 cm³/mol. The molecule has 1 saturated heterocycles. The Morgan fingerprint density at radius 1 is 1.04 bits per heavy atom. The monoisotopic (exact) mass is 321 g/mol. The van der Waals surface area contributed by atoms with E-state index in [1.807, 2.05) is 6.20 Å². The van der Waals surface area contributed by atoms with E-state index in [1.54, 1.807) is 6.33 Å². The molecule has 24 heavy (non-hydrogen) atoms. The van der Waals surface area contributed by atoms with Crippen LogP contribution in [0, 0.1) is 0 Å². The first-order valence-corrected chi connectivity index (χ1v) is 8.64. The van der Waals surface area contributed by atoms with Gasteiger partial charge in [0.25, 0.3) is 0 Å². The second-order valence-corrected chi connectivity index (χ2v) is 6.42. The van der Waals surface area contributed by atoms with Crippen LogP contribution in [0.15, 0.2) is 42.9 Å². The molecule has 0 radical (unpaired) electrons. The van der Waals surface area contributed by atoms with Crippen LogP contribution in [0.5, 0.6) is 0 Å². The Hall–Kier alpha value is -2.24. The van der Waals surface area contributed by atoms with Gasteiger partial charge in [0.1, 0.15) is 12.0 Å². The van der Waals surface area contributed by atoms with Crippen LogP contribution in [0.3, 0.4) is 0 Å². The molecule has 0 saturated carbocycles. The van der Waals surface area contributed by atoms with Crippen LogP contribution in [0.1, 0.15) is 12.5 Å². The minimum atomic E-state index is 0.887. The number of likely N-dealkylation sites (N-methyl/N-ethyl adjacent to an activating group) is 1. The SMILES string of the molecule is CCN1CCN(Cc2ccc(-c3cc4cncnc4[nH]3)cc2)CC1. The van der Waals surface area contributed by atoms with Crippen LogP contribution in [-0.4, -0.2) is 57.5 Å². The van der Waals surface area contributed by atoms with Gasteiger partial charge in [0.15, 0.2) is 0 Å². The Morgan fingerprint density at radius 3 is 2.50 bits per heavy atom. The van der Waals surface area contributed by atoms with Gasteiger partial charge in [-0.15, -0.1) is 0 Å². The zero-order chi connectivity index (χ0) is 16.4. The number of hydrogen-bond acceptors (Lipinski definition) is 4. The molecule has 1 fully saturated rings. The van der Waals surface area contributed by atoms with Gasteiger partial charge in [0, 0.05) is 50.0 Å². The van der Waals surface area contributed by atoms with Gasteiger partial charge in [-0.2, -0.15) is 0 Å². The van der Waals surface area contributed by atoms with Crippen molar-refractivity contribution in [3.05, 3.63) is 48.4 Å². The van der Waals surface area contributed by atoms with E-state index in [4.69, 9.17) is 0 Å². The summed E-state index contributed by atoms with van der Waals surface area (Å²) < 4.78 is 0. The number of piperazine rings is 1. The summed E-state index contributed by atoms with van der Waals surface area (Å²) in [7, 11) is 0. The summed E-state index contributed by atoms with van der Waals surface area (Å²) >= 11 is 0. The molecule has 0 unspecified atom stereocenters. The van der Waals surface area contributed by atoms with E-state index in [1.165, 1.54) is 24.2 Å². The van der Waals surface area contributed by atoms with Crippen molar-refractivity contribution >= 4 is 11.0 Å². The molecule has 3 aromatic rings. The van der Waals surface area contributed by atoms with Crippen molar-refractivity contribution in [3.63, 3.8) is 0 Å². The van der Waals surface area contributed by atoms with E-state index < -0.39 is 0 Å². The molecule has 3 heterocycles. The van der Waals surface area contributed by atoms with E-state index >= 15 is 0 Å². The van der Waals surface area contributed by atoms with Gasteiger partial charge in [0.05, 0.1) is 0 Å². The predicted octanol–water partition coefficient (Wildman–Crippen LogP) is 2.76. The summed E-state index contributed by atoms with van der Waals surface area (Å²) in [6.07, 6.45) is 3.41. The normalized spacial score (nSPS) is 16.7. The summed E-state index contributed by atoms with van der Waals surface area (Å²) in [5.74, 6) is 0. The molecule has 1 N–H and O–H groups in total. The van der Waals surface area contributed by atoms with Gasteiger partial charge in [-0.3, -0.25) is 4.90 Å². The lowest BCUT2D eigenvalue weighted by atomic mass is 10.1. The molecule has 0 bridgehead atoms. The molecule has 2 aromatic heterocycles. The number of nitrogens with zero attached hydrogens (tertiary/aromatic N) is 4. The van der Waals surface area contributed by atoms with Crippen LogP contribution in [-0.2, 0) is 6.54 Å². The Bertz CT molecular complexity index is 767. The number of aromatic amines is 1. The fraction of sp³-hybridized carbons (Fsp3) is 0.368. The molecule has 5 heteroatoms. The number of nitrogens with one attached hydrogen (secondary N) is 1. The maximum Gasteiger partial charge on any atom is 0.141 e. The zero-order valence-corrected chi connectivity index (χ0v) is 14.1. The summed E-state index contributed by atoms with van der Waals surface area (Å²) in [6, 6.07) is 11.0. The van der Waals surface area contributed by atoms with Gasteiger partial charge < -0.3 is 9.88 Å². The second-order valence-electron chi connectivity index (χ2n) is 6.42. The van der Waals surface area contributed by atoms with Crippen LogP contribution < -0.4 is 0 Å². The van der Waals surface area contributed by atoms with E-state index in [0.29, 0.717) is 0 Å². The molecular formula is C19H23N5. The first kappa shape index (κ1) is 15.3. The molecule has 4 rings (SSSR count). The first-order chi connectivity index (χ1) is 11.8. The Labute approximate surface area is 142 Å². The first-order valence-electron chi connectivity index (χ1n) is 8.64. The van der Waals surface area contributed by atoms with Gasteiger partial charge in [-0.25, -0.2) is 9.97 Å². The largest absolute Gasteiger partial charge is 0.339 e. The quantitative estimate of drug-likeness (QED) is 0.803. The molecule has 0 atom stereocenters. The number of fused-ring (bicyclic) bond motifs is 1. The van der Waals surface area contributed by atoms with Crippen LogP contribution >= 0.6 is 0 Å². The summed E-state index contributed by atoms with van der Waals surface area (Å²) in [5.41, 5.74) is 4.54. The molecule has 1 aliphatic rings. The Morgan fingerprint density at radius 2 is 1.79 bits per heavy atom. The van der Waals surface area contributed by atoms with Crippen molar-refractivity contribution in [1.82, 2.24) is 24.8 Å². The summed E-state index contributed by atoms with van der Waals surface area (Å²) in [5, 5.41) is 1.05. The lowest BCUT2D eigenvalue weighted by Crippen LogP contribution is -2.45. The van der Waals surface area contributed by atoms with Crippen molar-refractivity contribution in [2.24, 2.45) is 0 Å². The van der Waals surface area contributed by atoms with Gasteiger partial charge in [-0.05, 0) is 23.7 Å². The third-order valence-corrected chi connectivity index (χ3v) is 4.88. The average Bonchev–Trinajstić information content (AvgIpc) is 3.07. The highest BCUT2D eigenvalue weighted by Crippen LogP contribution is 2.23. The number of aromatic nitrogens is 3. The average molecular weight is 321 g/mol. The molecule has 0 amide bonds. The number of benzene rings is 1. The fourth-order valence-electron chi connectivity index (χ4n) is 3.34. The van der Waals surface area contributed by atoms with Crippen molar-refractivity contribution in [2.75, 3.05) is 32.7 Å². The third kappa shape index (κ3) is 3.18. The van der Waals surface area contributed by atoms with Gasteiger partial charge >= 0.3 is 0 Å². The fourth-order valence-corrected chi connectivity index (χ4v) is 3.34. The number of H-pyrrole nitrogens is 1. The van der Waals surface area contributed by atoms with E-state index in [-0.39, 0.29) is 0 Å². The van der Waals surface area contributed by atoms with Crippen molar-refractivity contribution in [2.45, 2.75) is 13.5 Å². The third-order valence-electron chi connectivity index (χ3n) is 4.88. The standard InChI is InChI=1S/C19H23N5/c1-2-23-7-9-24(10-8-23)13-15-3-5-16(6-4-15)18-11-17-12-20-14-21-19(17)22-18/h3-6,11-12,14H,2,7-10,13H2,1H3,(H,20,21,22). The smallest absolute Gasteiger partial charge is 0.141 e. The van der Waals surface area contributed by atoms with E-state index in [0.717, 1.165) is 42.9 Å². The van der Waals surface area contributed by atoms with Crippen LogP contribution in [0.25, 0.3) is 22.3 Å². The highest BCUT2D eigenvalue weighted by molar-refractivity contribution is 5.82. The van der Waals surface area contributed by atoms with Crippen molar-refractivity contribution in [3.8, 4) is 11.3 Å². The second kappa shape index (κ2) is 6.71. The summed E-state index contributed by atoms with van der Waals surface area (Å²) in [4.78, 5) is 16.7. The molecule has 5 nitrogen and oxygen atoms in total. The molecule has 1 aliphatic heterocycles. The van der Waals surface area contributed by atoms with Crippen LogP contribution in [0.4, 0.5) is 0 Å². The highest BCUT2D eigenvalue weighted by atomic mass is 15.3. The van der Waals surface area contributed by atoms with Crippen molar-refractivity contribution < 1.29 is 0 Å². The van der Waals surface area contributed by atoms with E-state index in [9.17, 15) is 0 Å². The Kier molecular flexibility index (Phi) is 4.28. The molecular weight excluding hydrogens is 298 g/mol. The highest BCUT2D eigenvalue weighted by Gasteiger charge is 2.15. The van der Waals surface area contributed by atoms with Crippen molar-refractivity contribution in [1.29, 1.82) is 0 Å². The minimum Gasteiger partial charge on any atom is -0.339 e. The van der Waals surface area contributed by atoms with Gasteiger partial charge in [-0.1, -0.05) is 31.2 Å². The summed E-state index contributed by atoms with van der Waals surface area (Å²) in [6.45, 7) is 9.14. The topological polar surface area (TPSA) is 48.1 Å². The lowest BCUT2D eigenvalue weighted by molar-refractivity contribution is 0.132. The maximum absolute atomic E-state index is 4.26.